The molecule has 7 nitrogen and oxygen atoms in total. The lowest BCUT2D eigenvalue weighted by Gasteiger charge is -2.30. The first-order valence-corrected chi connectivity index (χ1v) is 12.1. The van der Waals surface area contributed by atoms with Crippen molar-refractivity contribution in [2.24, 2.45) is 14.1 Å². The molecule has 3 heterocycles. The van der Waals surface area contributed by atoms with E-state index in [2.05, 4.69) is 10.6 Å². The van der Waals surface area contributed by atoms with Crippen molar-refractivity contribution >= 4 is 10.9 Å². The molecule has 0 fully saturated rings. The highest BCUT2D eigenvalue weighted by atomic mass is 16.5. The lowest BCUT2D eigenvalue weighted by Crippen LogP contribution is -2.37. The quantitative estimate of drug-likeness (QED) is 0.362. The molecule has 1 aliphatic rings. The van der Waals surface area contributed by atoms with Crippen molar-refractivity contribution in [3.8, 4) is 28.4 Å². The van der Waals surface area contributed by atoms with Crippen LogP contribution in [0.25, 0.3) is 27.8 Å². The summed E-state index contributed by atoms with van der Waals surface area (Å²) in [6.07, 6.45) is -0.579. The van der Waals surface area contributed by atoms with Gasteiger partial charge in [0.05, 0.1) is 35.1 Å². The Bertz CT molecular complexity index is 1820. The summed E-state index contributed by atoms with van der Waals surface area (Å²) in [7, 11) is 4.85. The summed E-state index contributed by atoms with van der Waals surface area (Å²) in [5, 5.41) is 0.481. The number of aromatic nitrogens is 3. The molecule has 0 bridgehead atoms. The van der Waals surface area contributed by atoms with Gasteiger partial charge in [-0.15, -0.1) is 0 Å². The highest BCUT2D eigenvalue weighted by Crippen LogP contribution is 2.47. The van der Waals surface area contributed by atoms with Crippen LogP contribution < -0.4 is 20.7 Å². The van der Waals surface area contributed by atoms with Crippen molar-refractivity contribution in [2.45, 2.75) is 20.0 Å². The maximum absolute atomic E-state index is 13.8. The molecule has 2 aromatic heterocycles. The minimum Gasteiger partial charge on any atom is -0.497 e. The van der Waals surface area contributed by atoms with Crippen LogP contribution in [0.1, 0.15) is 28.5 Å². The van der Waals surface area contributed by atoms with Gasteiger partial charge in [0.2, 0.25) is 0 Å². The van der Waals surface area contributed by atoms with Gasteiger partial charge in [0.1, 0.15) is 11.5 Å². The molecular weight excluding hydrogens is 466 g/mol. The van der Waals surface area contributed by atoms with Gasteiger partial charge in [0.25, 0.3) is 5.56 Å². The number of ether oxygens (including phenoxy) is 2. The molecule has 3 aromatic carbocycles. The van der Waals surface area contributed by atoms with Crippen LogP contribution in [0.2, 0.25) is 0 Å². The normalized spacial score (nSPS) is 14.2. The largest absolute Gasteiger partial charge is 0.497 e. The molecule has 0 saturated heterocycles. The Morgan fingerprint density at radius 2 is 1.59 bits per heavy atom. The van der Waals surface area contributed by atoms with E-state index < -0.39 is 6.10 Å². The van der Waals surface area contributed by atoms with Crippen molar-refractivity contribution < 1.29 is 9.47 Å². The van der Waals surface area contributed by atoms with Crippen LogP contribution in [0.15, 0.2) is 76.3 Å². The van der Waals surface area contributed by atoms with E-state index in [9.17, 15) is 9.59 Å². The van der Waals surface area contributed by atoms with Crippen LogP contribution in [-0.2, 0) is 14.1 Å². The maximum atomic E-state index is 13.8. The molecule has 1 aliphatic heterocycles. The van der Waals surface area contributed by atoms with Crippen LogP contribution in [-0.4, -0.2) is 20.8 Å². The maximum Gasteiger partial charge on any atom is 0.331 e. The fourth-order valence-corrected chi connectivity index (χ4v) is 5.29. The van der Waals surface area contributed by atoms with E-state index in [1.54, 1.807) is 18.7 Å². The summed E-state index contributed by atoms with van der Waals surface area (Å²) in [6.45, 7) is 4.06. The number of nitrogens with zero attached hydrogens (tertiary/aromatic N) is 3. The third kappa shape index (κ3) is 3.34. The average molecular weight is 494 g/mol. The highest BCUT2D eigenvalue weighted by Gasteiger charge is 2.36. The van der Waals surface area contributed by atoms with Crippen LogP contribution in [0.5, 0.6) is 11.5 Å². The van der Waals surface area contributed by atoms with Gasteiger partial charge < -0.3 is 14.0 Å². The summed E-state index contributed by atoms with van der Waals surface area (Å²) in [5.74, 6) is 1.39. The molecule has 37 heavy (non-hydrogen) atoms. The molecule has 0 unspecified atom stereocenters. The fourth-order valence-electron chi connectivity index (χ4n) is 5.29. The minimum absolute atomic E-state index is 0.339. The average Bonchev–Trinajstić information content (AvgIpc) is 3.27. The van der Waals surface area contributed by atoms with Crippen LogP contribution in [0.3, 0.4) is 0 Å². The number of benzene rings is 3. The number of rotatable bonds is 3. The first-order chi connectivity index (χ1) is 17.8. The second-order valence-electron chi connectivity index (χ2n) is 9.61. The lowest BCUT2D eigenvalue weighted by molar-refractivity contribution is 0.228. The number of methoxy groups -OCH3 is 1. The highest BCUT2D eigenvalue weighted by molar-refractivity contribution is 5.98. The summed E-state index contributed by atoms with van der Waals surface area (Å²) in [4.78, 5) is 27.0. The van der Waals surface area contributed by atoms with Crippen molar-refractivity contribution in [3.63, 3.8) is 0 Å². The number of hydrogen-bond acceptors (Lipinski definition) is 4. The predicted molar refractivity (Wildman–Crippen MR) is 144 cm³/mol. The zero-order valence-electron chi connectivity index (χ0n) is 21.4. The van der Waals surface area contributed by atoms with E-state index in [1.807, 2.05) is 74.5 Å². The number of aryl methyl sites for hydroxylation is 3. The molecular formula is C30H27N3O4. The molecule has 5 aromatic rings. The Kier molecular flexibility index (Phi) is 5.12. The predicted octanol–water partition coefficient (Wildman–Crippen LogP) is 4.80. The third-order valence-electron chi connectivity index (χ3n) is 7.18. The van der Waals surface area contributed by atoms with Gasteiger partial charge >= 0.3 is 5.69 Å². The minimum atomic E-state index is -0.579. The Morgan fingerprint density at radius 1 is 0.865 bits per heavy atom. The number of fused-ring (bicyclic) bond motifs is 5. The first-order valence-electron chi connectivity index (χ1n) is 12.1. The SMILES string of the molecule is COc1cccc([C@@H]2Oc3ccc(C)cc3-n3c(-c4ccc(C)cc4)c4c(=O)n(C)c(=O)n(C)c4c32)c1. The lowest BCUT2D eigenvalue weighted by atomic mass is 10.0. The Hall–Kier alpha value is -4.52. The molecule has 0 radical (unpaired) electrons. The van der Waals surface area contributed by atoms with Gasteiger partial charge in [-0.05, 0) is 49.2 Å². The van der Waals surface area contributed by atoms with Gasteiger partial charge in [-0.3, -0.25) is 13.9 Å². The molecule has 6 rings (SSSR count). The van der Waals surface area contributed by atoms with E-state index in [4.69, 9.17) is 9.47 Å². The van der Waals surface area contributed by atoms with Crippen LogP contribution >= 0.6 is 0 Å². The van der Waals surface area contributed by atoms with E-state index in [0.29, 0.717) is 22.4 Å². The zero-order valence-corrected chi connectivity index (χ0v) is 21.4. The zero-order chi connectivity index (χ0) is 26.0. The topological polar surface area (TPSA) is 67.4 Å². The molecule has 0 aliphatic carbocycles. The Morgan fingerprint density at radius 3 is 2.32 bits per heavy atom. The van der Waals surface area contributed by atoms with Gasteiger partial charge in [-0.1, -0.05) is 48.0 Å². The van der Waals surface area contributed by atoms with Crippen LogP contribution in [0.4, 0.5) is 0 Å². The van der Waals surface area contributed by atoms with E-state index in [-0.39, 0.29) is 11.2 Å². The van der Waals surface area contributed by atoms with Gasteiger partial charge in [0, 0.05) is 19.7 Å². The standard InChI is InChI=1S/C30H27N3O4/c1-17-9-12-19(13-10-17)25-24-26(31(3)30(35)32(4)29(24)34)27-28(20-7-6-8-21(16-20)36-5)37-23-14-11-18(2)15-22(23)33(25)27/h6-16,28H,1-5H3/t28-/m0/s1. The monoisotopic (exact) mass is 493 g/mol. The molecule has 0 saturated carbocycles. The summed E-state index contributed by atoms with van der Waals surface area (Å²) in [6, 6.07) is 21.8. The second-order valence-corrected chi connectivity index (χ2v) is 9.61. The van der Waals surface area contributed by atoms with Gasteiger partial charge in [0.15, 0.2) is 6.10 Å². The molecule has 0 N–H and O–H groups in total. The summed E-state index contributed by atoms with van der Waals surface area (Å²) < 4.78 is 17.0. The Balaban J connectivity index is 1.85. The third-order valence-corrected chi connectivity index (χ3v) is 7.18. The molecule has 0 spiro atoms. The molecule has 186 valence electrons. The second kappa shape index (κ2) is 8.27. The van der Waals surface area contributed by atoms with Crippen molar-refractivity contribution in [2.75, 3.05) is 7.11 Å². The molecule has 7 heteroatoms. The van der Waals surface area contributed by atoms with E-state index in [1.165, 1.54) is 11.6 Å². The van der Waals surface area contributed by atoms with Crippen LogP contribution in [0, 0.1) is 13.8 Å². The van der Waals surface area contributed by atoms with Crippen molar-refractivity contribution in [3.05, 3.63) is 110 Å². The van der Waals surface area contributed by atoms with E-state index >= 15 is 0 Å². The summed E-state index contributed by atoms with van der Waals surface area (Å²) >= 11 is 0. The van der Waals surface area contributed by atoms with E-state index in [0.717, 1.165) is 39.3 Å². The Labute approximate surface area is 213 Å². The van der Waals surface area contributed by atoms with Crippen molar-refractivity contribution in [1.29, 1.82) is 0 Å². The van der Waals surface area contributed by atoms with Crippen molar-refractivity contribution in [1.82, 2.24) is 13.7 Å². The molecule has 1 atom stereocenters. The number of hydrogen-bond donors (Lipinski definition) is 0. The fraction of sp³-hybridized carbons (Fsp3) is 0.200. The first kappa shape index (κ1) is 22.9. The van der Waals surface area contributed by atoms with Gasteiger partial charge in [-0.25, -0.2) is 4.79 Å². The smallest absolute Gasteiger partial charge is 0.331 e. The molecule has 0 amide bonds. The summed E-state index contributed by atoms with van der Waals surface area (Å²) in [5.41, 5.74) is 6.05. The van der Waals surface area contributed by atoms with Gasteiger partial charge in [-0.2, -0.15) is 0 Å².